The molecule has 0 heterocycles. The van der Waals surface area contributed by atoms with Gasteiger partial charge in [0, 0.05) is 0 Å². The molecule has 9 heteroatoms. The van der Waals surface area contributed by atoms with Gasteiger partial charge in [0.25, 0.3) is 0 Å². The van der Waals surface area contributed by atoms with E-state index < -0.39 is 20.2 Å². The summed E-state index contributed by atoms with van der Waals surface area (Å²) in [5.41, 5.74) is 1.86. The van der Waals surface area contributed by atoms with E-state index in [0.29, 0.717) is 0 Å². The molecule has 41 heavy (non-hydrogen) atoms. The van der Waals surface area contributed by atoms with E-state index >= 15 is 0 Å². The molecule has 0 aromatic heterocycles. The SMILES string of the molecule is Cc1ccc(S(=O)(=O)[O-])cc1.Cc1ccc(S(=O)(=O)[O-])cc1.[Zr+4].c1ccc2[cH-]ccc2c1.c1ccc2[cH-]ccc2c1. The van der Waals surface area contributed by atoms with E-state index in [1.54, 1.807) is 24.3 Å². The van der Waals surface area contributed by atoms with Gasteiger partial charge in [-0.25, -0.2) is 16.8 Å². The number of hydrogen-bond acceptors (Lipinski definition) is 6. The van der Waals surface area contributed by atoms with Gasteiger partial charge in [-0.1, -0.05) is 47.5 Å². The fourth-order valence-corrected chi connectivity index (χ4v) is 4.49. The summed E-state index contributed by atoms with van der Waals surface area (Å²) >= 11 is 0. The van der Waals surface area contributed by atoms with Gasteiger partial charge in [-0.3, -0.25) is 0 Å². The first-order valence-electron chi connectivity index (χ1n) is 12.2. The minimum Gasteiger partial charge on any atom is -0.744 e. The summed E-state index contributed by atoms with van der Waals surface area (Å²) in [7, 11) is -8.54. The van der Waals surface area contributed by atoms with Crippen molar-refractivity contribution in [3.8, 4) is 0 Å². The zero-order valence-electron chi connectivity index (χ0n) is 22.5. The molecule has 0 aliphatic heterocycles. The van der Waals surface area contributed by atoms with Gasteiger partial charge in [-0.05, 0) is 38.1 Å². The van der Waals surface area contributed by atoms with E-state index in [1.807, 2.05) is 13.8 Å². The van der Waals surface area contributed by atoms with Gasteiger partial charge in [0.05, 0.1) is 9.79 Å². The minimum absolute atomic E-state index is 0. The van der Waals surface area contributed by atoms with Crippen LogP contribution in [0.3, 0.4) is 0 Å². The van der Waals surface area contributed by atoms with Gasteiger partial charge >= 0.3 is 26.2 Å². The van der Waals surface area contributed by atoms with Crippen LogP contribution in [0.25, 0.3) is 21.5 Å². The molecule has 0 radical (unpaired) electrons. The van der Waals surface area contributed by atoms with Crippen molar-refractivity contribution in [2.75, 3.05) is 0 Å². The Labute approximate surface area is 260 Å². The molecule has 0 saturated carbocycles. The number of benzene rings is 4. The van der Waals surface area contributed by atoms with E-state index in [2.05, 4.69) is 84.9 Å². The van der Waals surface area contributed by atoms with Crippen molar-refractivity contribution in [3.05, 3.63) is 145 Å². The molecule has 0 spiro atoms. The van der Waals surface area contributed by atoms with Crippen LogP contribution < -0.4 is 0 Å². The zero-order chi connectivity index (χ0) is 29.2. The smallest absolute Gasteiger partial charge is 0.744 e. The van der Waals surface area contributed by atoms with Crippen LogP contribution in [0.15, 0.2) is 143 Å². The monoisotopic (exact) mass is 662 g/mol. The second-order valence-corrected chi connectivity index (χ2v) is 11.6. The second-order valence-electron chi connectivity index (χ2n) is 8.84. The van der Waals surface area contributed by atoms with Gasteiger partial charge < -0.3 is 9.11 Å². The Hall–Kier alpha value is -3.20. The van der Waals surface area contributed by atoms with Gasteiger partial charge in [-0.2, -0.15) is 35.0 Å². The normalized spacial score (nSPS) is 10.6. The quantitative estimate of drug-likeness (QED) is 0.147. The average Bonchev–Trinajstić information content (AvgIpc) is 3.59. The van der Waals surface area contributed by atoms with E-state index in [4.69, 9.17) is 0 Å². The van der Waals surface area contributed by atoms with Gasteiger partial charge in [0.15, 0.2) is 0 Å². The number of hydrogen-bond donors (Lipinski definition) is 0. The summed E-state index contributed by atoms with van der Waals surface area (Å²) in [6, 6.07) is 40.9. The third-order valence-electron chi connectivity index (χ3n) is 5.71. The van der Waals surface area contributed by atoms with Crippen LogP contribution >= 0.6 is 0 Å². The van der Waals surface area contributed by atoms with Crippen molar-refractivity contribution in [2.45, 2.75) is 23.6 Å². The van der Waals surface area contributed by atoms with Crippen LogP contribution in [0.2, 0.25) is 0 Å². The molecule has 6 aromatic rings. The van der Waals surface area contributed by atoms with Crippen LogP contribution in [-0.4, -0.2) is 25.9 Å². The van der Waals surface area contributed by atoms with Crippen molar-refractivity contribution in [3.63, 3.8) is 0 Å². The topological polar surface area (TPSA) is 114 Å². The first-order valence-corrected chi connectivity index (χ1v) is 15.0. The maximum Gasteiger partial charge on any atom is 4.00 e. The third-order valence-corrected chi connectivity index (χ3v) is 7.41. The molecule has 0 aliphatic carbocycles. The zero-order valence-corrected chi connectivity index (χ0v) is 26.6. The van der Waals surface area contributed by atoms with E-state index in [-0.39, 0.29) is 36.0 Å². The van der Waals surface area contributed by atoms with Crippen molar-refractivity contribution >= 4 is 41.8 Å². The first kappa shape index (κ1) is 34.0. The number of fused-ring (bicyclic) bond motifs is 2. The molecule has 6 nitrogen and oxygen atoms in total. The Morgan fingerprint density at radius 1 is 0.488 bits per heavy atom. The Bertz CT molecular complexity index is 1650. The van der Waals surface area contributed by atoms with Crippen LogP contribution in [0, 0.1) is 13.8 Å². The van der Waals surface area contributed by atoms with Gasteiger partial charge in [0.1, 0.15) is 20.2 Å². The standard InChI is InChI=1S/2C9H7.2C7H8O3S.Zr/c2*1-2-5-9-7-3-6-8(9)4-1;2*1-6-2-4-7(5-3-6)11(8,9)10;/h2*1-7H;2*2-5H,1H3,(H,8,9,10);/q2*-1;;;+4/p-2. The fraction of sp³-hybridized carbons (Fsp3) is 0.0625. The fourth-order valence-electron chi connectivity index (χ4n) is 3.55. The third kappa shape index (κ3) is 11.3. The van der Waals surface area contributed by atoms with Crippen molar-refractivity contribution < 1.29 is 52.1 Å². The Morgan fingerprint density at radius 2 is 0.805 bits per heavy atom. The summed E-state index contributed by atoms with van der Waals surface area (Å²) in [4.78, 5) is -0.355. The molecule has 0 fully saturated rings. The molecule has 0 saturated heterocycles. The van der Waals surface area contributed by atoms with Crippen LogP contribution in [-0.2, 0) is 46.4 Å². The van der Waals surface area contributed by atoms with Crippen LogP contribution in [0.1, 0.15) is 11.1 Å². The molecule has 0 atom stereocenters. The summed E-state index contributed by atoms with van der Waals surface area (Å²) in [6.45, 7) is 3.64. The van der Waals surface area contributed by atoms with Crippen molar-refractivity contribution in [2.24, 2.45) is 0 Å². The summed E-state index contributed by atoms with van der Waals surface area (Å²) in [5.74, 6) is 0. The molecule has 0 aliphatic rings. The molecule has 0 bridgehead atoms. The minimum atomic E-state index is -4.27. The number of rotatable bonds is 2. The van der Waals surface area contributed by atoms with Crippen molar-refractivity contribution in [1.82, 2.24) is 0 Å². The molecule has 0 N–H and O–H groups in total. The predicted molar refractivity (Wildman–Crippen MR) is 157 cm³/mol. The Balaban J connectivity index is 0.000000190. The predicted octanol–water partition coefficient (Wildman–Crippen LogP) is 6.91. The molecule has 208 valence electrons. The summed E-state index contributed by atoms with van der Waals surface area (Å²) < 4.78 is 62.3. The second kappa shape index (κ2) is 15.7. The van der Waals surface area contributed by atoms with E-state index in [0.717, 1.165) is 11.1 Å². The van der Waals surface area contributed by atoms with Crippen molar-refractivity contribution in [1.29, 1.82) is 0 Å². The molecule has 6 aromatic carbocycles. The molecule has 0 amide bonds. The van der Waals surface area contributed by atoms with Crippen LogP contribution in [0.4, 0.5) is 0 Å². The van der Waals surface area contributed by atoms with Gasteiger partial charge in [-0.15, -0.1) is 59.3 Å². The maximum atomic E-state index is 10.4. The van der Waals surface area contributed by atoms with E-state index in [9.17, 15) is 25.9 Å². The maximum absolute atomic E-state index is 10.4. The number of aryl methyl sites for hydroxylation is 2. The van der Waals surface area contributed by atoms with Gasteiger partial charge in [0.2, 0.25) is 0 Å². The molecular weight excluding hydrogens is 636 g/mol. The Morgan fingerprint density at radius 3 is 1.10 bits per heavy atom. The van der Waals surface area contributed by atoms with Crippen LogP contribution in [0.5, 0.6) is 0 Å². The molecular formula is C32H28O6S2Zr. The molecule has 0 unspecified atom stereocenters. The van der Waals surface area contributed by atoms with E-state index in [1.165, 1.54) is 45.8 Å². The summed E-state index contributed by atoms with van der Waals surface area (Å²) in [5, 5.41) is 5.32. The Kier molecular flexibility index (Phi) is 13.0. The summed E-state index contributed by atoms with van der Waals surface area (Å²) in [6.07, 6.45) is 0. The molecule has 6 rings (SSSR count). The largest absolute Gasteiger partial charge is 4.00 e. The average molecular weight is 664 g/mol. The first-order chi connectivity index (χ1) is 18.9.